The number of hydrogen-bond acceptors (Lipinski definition) is 4. The zero-order valence-corrected chi connectivity index (χ0v) is 11.4. The Hall–Kier alpha value is -0.850. The van der Waals surface area contributed by atoms with E-state index >= 15 is 0 Å². The second kappa shape index (κ2) is 5.42. The molecule has 1 aliphatic rings. The first-order valence-corrected chi connectivity index (χ1v) is 7.82. The van der Waals surface area contributed by atoms with E-state index in [1.807, 2.05) is 0 Å². The third-order valence-corrected chi connectivity index (χ3v) is 4.88. The highest BCUT2D eigenvalue weighted by molar-refractivity contribution is 7.89. The monoisotopic (exact) mass is 272 g/mol. The SMILES string of the molecule is CC1CCCCC1NS(=O)(=O)c1ccc(CN)o1. The summed E-state index contributed by atoms with van der Waals surface area (Å²) in [4.78, 5) is 0. The van der Waals surface area contributed by atoms with E-state index in [9.17, 15) is 8.42 Å². The maximum absolute atomic E-state index is 12.1. The molecule has 18 heavy (non-hydrogen) atoms. The molecule has 1 aromatic heterocycles. The first-order chi connectivity index (χ1) is 8.53. The average Bonchev–Trinajstić information content (AvgIpc) is 2.81. The summed E-state index contributed by atoms with van der Waals surface area (Å²) in [6, 6.07) is 3.06. The molecule has 0 bridgehead atoms. The van der Waals surface area contributed by atoms with Crippen LogP contribution in [0.4, 0.5) is 0 Å². The van der Waals surface area contributed by atoms with Crippen molar-refractivity contribution in [1.29, 1.82) is 0 Å². The van der Waals surface area contributed by atoms with Crippen LogP contribution in [0.3, 0.4) is 0 Å². The van der Waals surface area contributed by atoms with Gasteiger partial charge in [-0.15, -0.1) is 0 Å². The van der Waals surface area contributed by atoms with Crippen molar-refractivity contribution in [3.8, 4) is 0 Å². The van der Waals surface area contributed by atoms with Crippen molar-refractivity contribution >= 4 is 10.0 Å². The number of rotatable bonds is 4. The highest BCUT2D eigenvalue weighted by Gasteiger charge is 2.28. The van der Waals surface area contributed by atoms with Gasteiger partial charge in [-0.25, -0.2) is 13.1 Å². The molecule has 2 unspecified atom stereocenters. The summed E-state index contributed by atoms with van der Waals surface area (Å²) in [6.07, 6.45) is 4.21. The van der Waals surface area contributed by atoms with Crippen LogP contribution in [0.2, 0.25) is 0 Å². The van der Waals surface area contributed by atoms with E-state index in [1.54, 1.807) is 6.07 Å². The predicted molar refractivity (Wildman–Crippen MR) is 68.3 cm³/mol. The summed E-state index contributed by atoms with van der Waals surface area (Å²) in [6.45, 7) is 2.29. The largest absolute Gasteiger partial charge is 0.447 e. The van der Waals surface area contributed by atoms with Gasteiger partial charge in [0.25, 0.3) is 10.0 Å². The van der Waals surface area contributed by atoms with Gasteiger partial charge in [-0.3, -0.25) is 0 Å². The summed E-state index contributed by atoms with van der Waals surface area (Å²) in [5.74, 6) is 0.851. The van der Waals surface area contributed by atoms with Gasteiger partial charge < -0.3 is 10.2 Å². The van der Waals surface area contributed by atoms with Crippen LogP contribution in [0.25, 0.3) is 0 Å². The number of furan rings is 1. The Bertz CT molecular complexity index is 495. The minimum Gasteiger partial charge on any atom is -0.447 e. The summed E-state index contributed by atoms with van der Waals surface area (Å²) in [5, 5.41) is -0.0410. The molecule has 3 N–H and O–H groups in total. The average molecular weight is 272 g/mol. The molecule has 0 radical (unpaired) electrons. The van der Waals surface area contributed by atoms with Gasteiger partial charge in [0.05, 0.1) is 6.54 Å². The Morgan fingerprint density at radius 1 is 1.39 bits per heavy atom. The highest BCUT2D eigenvalue weighted by Crippen LogP contribution is 2.25. The molecule has 0 amide bonds. The molecule has 2 atom stereocenters. The molecule has 1 aliphatic carbocycles. The smallest absolute Gasteiger partial charge is 0.274 e. The van der Waals surface area contributed by atoms with Gasteiger partial charge in [0.2, 0.25) is 5.09 Å². The number of sulfonamides is 1. The predicted octanol–water partition coefficient (Wildman–Crippen LogP) is 1.60. The van der Waals surface area contributed by atoms with Gasteiger partial charge in [-0.1, -0.05) is 19.8 Å². The fourth-order valence-corrected chi connectivity index (χ4v) is 3.69. The lowest BCUT2D eigenvalue weighted by Crippen LogP contribution is -2.40. The molecule has 0 spiro atoms. The van der Waals surface area contributed by atoms with Crippen molar-refractivity contribution in [3.63, 3.8) is 0 Å². The molecule has 0 aliphatic heterocycles. The van der Waals surface area contributed by atoms with E-state index in [2.05, 4.69) is 11.6 Å². The molecule has 0 saturated heterocycles. The van der Waals surface area contributed by atoms with Crippen molar-refractivity contribution in [2.45, 2.75) is 50.3 Å². The molecular weight excluding hydrogens is 252 g/mol. The fourth-order valence-electron chi connectivity index (χ4n) is 2.36. The van der Waals surface area contributed by atoms with Gasteiger partial charge >= 0.3 is 0 Å². The Morgan fingerprint density at radius 2 is 2.11 bits per heavy atom. The van der Waals surface area contributed by atoms with Crippen LogP contribution in [0, 0.1) is 5.92 Å². The van der Waals surface area contributed by atoms with Gasteiger partial charge in [0, 0.05) is 6.04 Å². The first-order valence-electron chi connectivity index (χ1n) is 6.34. The minimum atomic E-state index is -3.55. The zero-order chi connectivity index (χ0) is 13.2. The van der Waals surface area contributed by atoms with Crippen molar-refractivity contribution < 1.29 is 12.8 Å². The van der Waals surface area contributed by atoms with Gasteiger partial charge in [0.15, 0.2) is 0 Å². The molecule has 1 saturated carbocycles. The van der Waals surface area contributed by atoms with Crippen LogP contribution >= 0.6 is 0 Å². The third-order valence-electron chi connectivity index (χ3n) is 3.52. The van der Waals surface area contributed by atoms with E-state index in [0.29, 0.717) is 11.7 Å². The summed E-state index contributed by atoms with van der Waals surface area (Å²) in [5.41, 5.74) is 5.40. The van der Waals surface area contributed by atoms with Crippen molar-refractivity contribution in [2.24, 2.45) is 11.7 Å². The zero-order valence-electron chi connectivity index (χ0n) is 10.6. The van der Waals surface area contributed by atoms with Crippen LogP contribution in [-0.2, 0) is 16.6 Å². The maximum atomic E-state index is 12.1. The molecule has 1 heterocycles. The normalized spacial score (nSPS) is 25.2. The number of nitrogens with one attached hydrogen (secondary N) is 1. The topological polar surface area (TPSA) is 85.3 Å². The van der Waals surface area contributed by atoms with Gasteiger partial charge in [-0.2, -0.15) is 0 Å². The van der Waals surface area contributed by atoms with Crippen LogP contribution in [0.15, 0.2) is 21.6 Å². The lowest BCUT2D eigenvalue weighted by molar-refractivity contribution is 0.307. The van der Waals surface area contributed by atoms with Crippen LogP contribution in [0.1, 0.15) is 38.4 Å². The summed E-state index contributed by atoms with van der Waals surface area (Å²) < 4.78 is 32.2. The Balaban J connectivity index is 2.11. The number of hydrogen-bond donors (Lipinski definition) is 2. The Kier molecular flexibility index (Phi) is 4.09. The summed E-state index contributed by atoms with van der Waals surface area (Å²) in [7, 11) is -3.55. The Labute approximate surface area is 108 Å². The van der Waals surface area contributed by atoms with Crippen molar-refractivity contribution in [1.82, 2.24) is 4.72 Å². The molecule has 1 fully saturated rings. The molecule has 102 valence electrons. The fraction of sp³-hybridized carbons (Fsp3) is 0.667. The highest BCUT2D eigenvalue weighted by atomic mass is 32.2. The minimum absolute atomic E-state index is 0.00942. The van der Waals surface area contributed by atoms with Crippen LogP contribution in [-0.4, -0.2) is 14.5 Å². The van der Waals surface area contributed by atoms with Crippen LogP contribution < -0.4 is 10.5 Å². The molecule has 2 rings (SSSR count). The second-order valence-corrected chi connectivity index (χ2v) is 6.56. The van der Waals surface area contributed by atoms with E-state index in [4.69, 9.17) is 10.2 Å². The van der Waals surface area contributed by atoms with Gasteiger partial charge in [0.1, 0.15) is 5.76 Å². The molecule has 0 aromatic carbocycles. The van der Waals surface area contributed by atoms with E-state index < -0.39 is 10.0 Å². The van der Waals surface area contributed by atoms with E-state index in [0.717, 1.165) is 19.3 Å². The molecule has 5 nitrogen and oxygen atoms in total. The number of nitrogens with two attached hydrogens (primary N) is 1. The lowest BCUT2D eigenvalue weighted by Gasteiger charge is -2.28. The van der Waals surface area contributed by atoms with Crippen LogP contribution in [0.5, 0.6) is 0 Å². The molecule has 1 aromatic rings. The van der Waals surface area contributed by atoms with Crippen molar-refractivity contribution in [2.75, 3.05) is 0 Å². The maximum Gasteiger partial charge on any atom is 0.274 e. The van der Waals surface area contributed by atoms with E-state index in [-0.39, 0.29) is 17.7 Å². The standard InChI is InChI=1S/C12H20N2O3S/c1-9-4-2-3-5-11(9)14-18(15,16)12-7-6-10(8-13)17-12/h6-7,9,11,14H,2-5,8,13H2,1H3. The summed E-state index contributed by atoms with van der Waals surface area (Å²) >= 11 is 0. The van der Waals surface area contributed by atoms with E-state index in [1.165, 1.54) is 12.5 Å². The van der Waals surface area contributed by atoms with Crippen molar-refractivity contribution in [3.05, 3.63) is 17.9 Å². The van der Waals surface area contributed by atoms with Gasteiger partial charge in [-0.05, 0) is 30.9 Å². The second-order valence-electron chi connectivity index (χ2n) is 4.91. The third kappa shape index (κ3) is 2.93. The first kappa shape index (κ1) is 13.6. The Morgan fingerprint density at radius 3 is 2.72 bits per heavy atom. The molecular formula is C12H20N2O3S. The quantitative estimate of drug-likeness (QED) is 0.871. The lowest BCUT2D eigenvalue weighted by atomic mass is 9.87. The molecule has 6 heteroatoms.